The van der Waals surface area contributed by atoms with Crippen molar-refractivity contribution in [3.8, 4) is 0 Å². The van der Waals surface area contributed by atoms with Crippen LogP contribution in [0.1, 0.15) is 24.0 Å². The fourth-order valence-electron chi connectivity index (χ4n) is 2.76. The monoisotopic (exact) mass is 296 g/mol. The van der Waals surface area contributed by atoms with E-state index in [0.717, 1.165) is 37.8 Å². The SMILES string of the molecule is COCCN(Cc1ccc(Cl)cc1C)CC1CCCN1. The fourth-order valence-corrected chi connectivity index (χ4v) is 2.98. The van der Waals surface area contributed by atoms with Crippen LogP contribution in [0.5, 0.6) is 0 Å². The number of rotatable bonds is 7. The number of ether oxygens (including phenoxy) is 1. The summed E-state index contributed by atoms with van der Waals surface area (Å²) in [6.07, 6.45) is 2.58. The highest BCUT2D eigenvalue weighted by Crippen LogP contribution is 2.17. The lowest BCUT2D eigenvalue weighted by Gasteiger charge is -2.26. The molecule has 1 aliphatic heterocycles. The molecule has 20 heavy (non-hydrogen) atoms. The predicted molar refractivity (Wildman–Crippen MR) is 84.4 cm³/mol. The molecule has 1 atom stereocenters. The predicted octanol–water partition coefficient (Wildman–Crippen LogP) is 2.85. The molecule has 4 heteroatoms. The maximum Gasteiger partial charge on any atom is 0.0589 e. The van der Waals surface area contributed by atoms with Crippen LogP contribution in [0.2, 0.25) is 5.02 Å². The summed E-state index contributed by atoms with van der Waals surface area (Å²) < 4.78 is 5.24. The Balaban J connectivity index is 1.97. The van der Waals surface area contributed by atoms with Crippen LogP contribution in [0.15, 0.2) is 18.2 Å². The molecule has 0 saturated carbocycles. The smallest absolute Gasteiger partial charge is 0.0589 e. The number of methoxy groups -OCH3 is 1. The molecular formula is C16H25ClN2O. The van der Waals surface area contributed by atoms with E-state index in [1.165, 1.54) is 24.0 Å². The van der Waals surface area contributed by atoms with Crippen molar-refractivity contribution in [3.63, 3.8) is 0 Å². The van der Waals surface area contributed by atoms with E-state index in [0.29, 0.717) is 6.04 Å². The Bertz CT molecular complexity index is 419. The lowest BCUT2D eigenvalue weighted by Crippen LogP contribution is -2.38. The van der Waals surface area contributed by atoms with Gasteiger partial charge in [0.25, 0.3) is 0 Å². The number of nitrogens with zero attached hydrogens (tertiary/aromatic N) is 1. The zero-order chi connectivity index (χ0) is 14.4. The fraction of sp³-hybridized carbons (Fsp3) is 0.625. The quantitative estimate of drug-likeness (QED) is 0.837. The number of benzene rings is 1. The van der Waals surface area contributed by atoms with Gasteiger partial charge in [-0.25, -0.2) is 0 Å². The molecule has 0 bridgehead atoms. The second-order valence-corrected chi connectivity index (χ2v) is 6.03. The second-order valence-electron chi connectivity index (χ2n) is 5.59. The summed E-state index contributed by atoms with van der Waals surface area (Å²) in [5.74, 6) is 0. The van der Waals surface area contributed by atoms with Crippen LogP contribution >= 0.6 is 11.6 Å². The molecule has 0 spiro atoms. The molecular weight excluding hydrogens is 272 g/mol. The van der Waals surface area contributed by atoms with E-state index in [-0.39, 0.29) is 0 Å². The van der Waals surface area contributed by atoms with Gasteiger partial charge in [0, 0.05) is 37.8 Å². The molecule has 1 saturated heterocycles. The van der Waals surface area contributed by atoms with Crippen molar-refractivity contribution in [1.82, 2.24) is 10.2 Å². The normalized spacial score (nSPS) is 18.9. The van der Waals surface area contributed by atoms with Gasteiger partial charge >= 0.3 is 0 Å². The number of hydrogen-bond acceptors (Lipinski definition) is 3. The van der Waals surface area contributed by atoms with Crippen LogP contribution in [-0.4, -0.2) is 44.3 Å². The Morgan fingerprint density at radius 3 is 2.95 bits per heavy atom. The molecule has 1 heterocycles. The average Bonchev–Trinajstić information content (AvgIpc) is 2.92. The molecule has 3 nitrogen and oxygen atoms in total. The minimum Gasteiger partial charge on any atom is -0.383 e. The van der Waals surface area contributed by atoms with E-state index in [1.807, 2.05) is 12.1 Å². The third kappa shape index (κ3) is 4.74. The lowest BCUT2D eigenvalue weighted by molar-refractivity contribution is 0.138. The van der Waals surface area contributed by atoms with Gasteiger partial charge in [0.05, 0.1) is 6.61 Å². The van der Waals surface area contributed by atoms with Crippen LogP contribution < -0.4 is 5.32 Å². The van der Waals surface area contributed by atoms with E-state index in [2.05, 4.69) is 23.2 Å². The number of nitrogens with one attached hydrogen (secondary N) is 1. The maximum atomic E-state index is 6.03. The molecule has 2 rings (SSSR count). The van der Waals surface area contributed by atoms with Crippen LogP contribution in [0, 0.1) is 6.92 Å². The minimum atomic E-state index is 0.625. The van der Waals surface area contributed by atoms with Crippen molar-refractivity contribution in [2.75, 3.05) is 33.4 Å². The number of halogens is 1. The maximum absolute atomic E-state index is 6.03. The summed E-state index contributed by atoms with van der Waals surface area (Å²) in [5, 5.41) is 4.38. The lowest BCUT2D eigenvalue weighted by atomic mass is 10.1. The summed E-state index contributed by atoms with van der Waals surface area (Å²) in [4.78, 5) is 2.47. The summed E-state index contributed by atoms with van der Waals surface area (Å²) >= 11 is 6.03. The van der Waals surface area contributed by atoms with Crippen LogP contribution in [0.3, 0.4) is 0 Å². The highest BCUT2D eigenvalue weighted by atomic mass is 35.5. The summed E-state index contributed by atoms with van der Waals surface area (Å²) in [6, 6.07) is 6.78. The molecule has 1 aromatic rings. The van der Waals surface area contributed by atoms with Crippen LogP contribution in [0.4, 0.5) is 0 Å². The average molecular weight is 297 g/mol. The number of hydrogen-bond donors (Lipinski definition) is 1. The molecule has 1 aromatic carbocycles. The van der Waals surface area contributed by atoms with Crippen LogP contribution in [0.25, 0.3) is 0 Å². The second kappa shape index (κ2) is 7.99. The Morgan fingerprint density at radius 2 is 2.30 bits per heavy atom. The molecule has 112 valence electrons. The Labute approximate surface area is 127 Å². The topological polar surface area (TPSA) is 24.5 Å². The van der Waals surface area contributed by atoms with E-state index in [9.17, 15) is 0 Å². The van der Waals surface area contributed by atoms with Crippen molar-refractivity contribution in [2.24, 2.45) is 0 Å². The highest BCUT2D eigenvalue weighted by molar-refractivity contribution is 6.30. The molecule has 1 unspecified atom stereocenters. The van der Waals surface area contributed by atoms with Crippen molar-refractivity contribution in [3.05, 3.63) is 34.3 Å². The molecule has 0 aromatic heterocycles. The van der Waals surface area contributed by atoms with Gasteiger partial charge in [-0.3, -0.25) is 4.90 Å². The molecule has 0 radical (unpaired) electrons. The Hall–Kier alpha value is -0.610. The van der Waals surface area contributed by atoms with Crippen molar-refractivity contribution >= 4 is 11.6 Å². The first-order valence-electron chi connectivity index (χ1n) is 7.38. The zero-order valence-corrected chi connectivity index (χ0v) is 13.2. The molecule has 1 N–H and O–H groups in total. The highest BCUT2D eigenvalue weighted by Gasteiger charge is 2.18. The number of aryl methyl sites for hydroxylation is 1. The first-order valence-corrected chi connectivity index (χ1v) is 7.76. The van der Waals surface area contributed by atoms with Gasteiger partial charge in [-0.15, -0.1) is 0 Å². The van der Waals surface area contributed by atoms with Gasteiger partial charge in [-0.05, 0) is 49.6 Å². The third-order valence-electron chi connectivity index (χ3n) is 3.95. The molecule has 0 amide bonds. The first kappa shape index (κ1) is 15.8. The minimum absolute atomic E-state index is 0.625. The van der Waals surface area contributed by atoms with Gasteiger partial charge in [0.1, 0.15) is 0 Å². The molecule has 0 aliphatic carbocycles. The van der Waals surface area contributed by atoms with Gasteiger partial charge in [0.15, 0.2) is 0 Å². The Kier molecular flexibility index (Phi) is 6.30. The molecule has 1 aliphatic rings. The van der Waals surface area contributed by atoms with Crippen molar-refractivity contribution < 1.29 is 4.74 Å². The largest absolute Gasteiger partial charge is 0.383 e. The van der Waals surface area contributed by atoms with Gasteiger partial charge in [-0.1, -0.05) is 17.7 Å². The summed E-state index contributed by atoms with van der Waals surface area (Å²) in [7, 11) is 1.76. The first-order chi connectivity index (χ1) is 9.69. The third-order valence-corrected chi connectivity index (χ3v) is 4.19. The van der Waals surface area contributed by atoms with E-state index >= 15 is 0 Å². The van der Waals surface area contributed by atoms with Gasteiger partial charge in [0.2, 0.25) is 0 Å². The van der Waals surface area contributed by atoms with E-state index in [1.54, 1.807) is 7.11 Å². The van der Waals surface area contributed by atoms with E-state index in [4.69, 9.17) is 16.3 Å². The molecule has 1 fully saturated rings. The van der Waals surface area contributed by atoms with Gasteiger partial charge < -0.3 is 10.1 Å². The van der Waals surface area contributed by atoms with Crippen molar-refractivity contribution in [1.29, 1.82) is 0 Å². The van der Waals surface area contributed by atoms with Crippen LogP contribution in [-0.2, 0) is 11.3 Å². The van der Waals surface area contributed by atoms with Crippen molar-refractivity contribution in [2.45, 2.75) is 32.4 Å². The standard InChI is InChI=1S/C16H25ClN2O/c1-13-10-15(17)6-5-14(13)11-19(8-9-20-2)12-16-4-3-7-18-16/h5-6,10,16,18H,3-4,7-9,11-12H2,1-2H3. The Morgan fingerprint density at radius 1 is 1.45 bits per heavy atom. The zero-order valence-electron chi connectivity index (χ0n) is 12.5. The van der Waals surface area contributed by atoms with Gasteiger partial charge in [-0.2, -0.15) is 0 Å². The summed E-state index contributed by atoms with van der Waals surface area (Å²) in [5.41, 5.74) is 2.61. The van der Waals surface area contributed by atoms with E-state index < -0.39 is 0 Å². The summed E-state index contributed by atoms with van der Waals surface area (Å²) in [6.45, 7) is 7.08.